The van der Waals surface area contributed by atoms with E-state index in [1.807, 2.05) is 26.8 Å². The maximum absolute atomic E-state index is 12.9. The smallest absolute Gasteiger partial charge is 0.299 e. The van der Waals surface area contributed by atoms with E-state index in [9.17, 15) is 26.4 Å². The maximum atomic E-state index is 12.9. The van der Waals surface area contributed by atoms with Crippen LogP contribution in [0.25, 0.3) is 5.69 Å². The fraction of sp³-hybridized carbons (Fsp3) is 0.360. The van der Waals surface area contributed by atoms with Gasteiger partial charge in [-0.2, -0.15) is 18.3 Å². The normalized spacial score (nSPS) is 12.7. The van der Waals surface area contributed by atoms with E-state index in [0.717, 1.165) is 24.1 Å². The van der Waals surface area contributed by atoms with Crippen LogP contribution in [0.1, 0.15) is 49.7 Å². The molecule has 0 bridgehead atoms. The molecule has 9 heteroatoms. The summed E-state index contributed by atoms with van der Waals surface area (Å²) >= 11 is 0. The number of aromatic nitrogens is 2. The van der Waals surface area contributed by atoms with Crippen LogP contribution in [0.5, 0.6) is 0 Å². The van der Waals surface area contributed by atoms with Gasteiger partial charge in [-0.3, -0.25) is 4.79 Å². The molecule has 0 spiro atoms. The monoisotopic (exact) mass is 492 g/mol. The van der Waals surface area contributed by atoms with Crippen molar-refractivity contribution >= 4 is 15.6 Å². The first-order chi connectivity index (χ1) is 15.6. The quantitative estimate of drug-likeness (QED) is 0.447. The van der Waals surface area contributed by atoms with Gasteiger partial charge in [-0.05, 0) is 48.4 Å². The largest absolute Gasteiger partial charge is 0.416 e. The van der Waals surface area contributed by atoms with E-state index in [4.69, 9.17) is 0 Å². The number of hydrogen-bond donors (Lipinski definition) is 0. The minimum absolute atomic E-state index is 0.0797. The molecule has 0 unspecified atom stereocenters. The highest BCUT2D eigenvalue weighted by Gasteiger charge is 2.30. The van der Waals surface area contributed by atoms with Crippen molar-refractivity contribution in [2.75, 3.05) is 6.26 Å². The number of nitrogens with zero attached hydrogens (tertiary/aromatic N) is 2. The molecule has 0 atom stereocenters. The number of hydrogen-bond acceptors (Lipinski definition) is 4. The van der Waals surface area contributed by atoms with Crippen molar-refractivity contribution in [3.8, 4) is 5.69 Å². The van der Waals surface area contributed by atoms with Gasteiger partial charge in [0.05, 0.1) is 21.8 Å². The van der Waals surface area contributed by atoms with Gasteiger partial charge in [0.15, 0.2) is 9.84 Å². The molecule has 3 aromatic rings. The topological polar surface area (TPSA) is 69.0 Å². The Morgan fingerprint density at radius 1 is 1.00 bits per heavy atom. The van der Waals surface area contributed by atoms with Gasteiger partial charge in [0.1, 0.15) is 5.78 Å². The Labute approximate surface area is 197 Å². The summed E-state index contributed by atoms with van der Waals surface area (Å²) in [4.78, 5) is 12.7. The molecule has 0 radical (unpaired) electrons. The van der Waals surface area contributed by atoms with Gasteiger partial charge in [-0.1, -0.05) is 39.0 Å². The van der Waals surface area contributed by atoms with Crippen LogP contribution in [-0.2, 0) is 39.1 Å². The summed E-state index contributed by atoms with van der Waals surface area (Å²) in [5.74, 6) is -0.177. The third kappa shape index (κ3) is 6.34. The van der Waals surface area contributed by atoms with Crippen molar-refractivity contribution in [1.29, 1.82) is 0 Å². The lowest BCUT2D eigenvalue weighted by molar-refractivity contribution is -0.137. The zero-order chi connectivity index (χ0) is 25.3. The van der Waals surface area contributed by atoms with Gasteiger partial charge in [-0.25, -0.2) is 13.1 Å². The molecule has 0 aliphatic heterocycles. The minimum atomic E-state index is -4.45. The predicted molar refractivity (Wildman–Crippen MR) is 124 cm³/mol. The molecule has 1 aromatic heterocycles. The first-order valence-corrected chi connectivity index (χ1v) is 12.6. The highest BCUT2D eigenvalue weighted by molar-refractivity contribution is 7.90. The lowest BCUT2D eigenvalue weighted by Gasteiger charge is -2.20. The Morgan fingerprint density at radius 3 is 2.21 bits per heavy atom. The van der Waals surface area contributed by atoms with Crippen molar-refractivity contribution in [2.24, 2.45) is 0 Å². The van der Waals surface area contributed by atoms with Crippen molar-refractivity contribution in [1.82, 2.24) is 9.78 Å². The molecule has 5 nitrogen and oxygen atoms in total. The second kappa shape index (κ2) is 9.37. The Bertz CT molecular complexity index is 1290. The molecule has 34 heavy (non-hydrogen) atoms. The van der Waals surface area contributed by atoms with E-state index >= 15 is 0 Å². The second-order valence-corrected chi connectivity index (χ2v) is 11.4. The summed E-state index contributed by atoms with van der Waals surface area (Å²) < 4.78 is 64.0. The van der Waals surface area contributed by atoms with Crippen LogP contribution in [-0.4, -0.2) is 30.2 Å². The van der Waals surface area contributed by atoms with Crippen molar-refractivity contribution in [3.63, 3.8) is 0 Å². The molecule has 0 amide bonds. The maximum Gasteiger partial charge on any atom is 0.416 e. The summed E-state index contributed by atoms with van der Waals surface area (Å²) in [6, 6.07) is 13.1. The fourth-order valence-electron chi connectivity index (χ4n) is 3.56. The number of alkyl halides is 3. The molecule has 0 aliphatic rings. The van der Waals surface area contributed by atoms with E-state index in [-0.39, 0.29) is 28.9 Å². The highest BCUT2D eigenvalue weighted by atomic mass is 32.2. The van der Waals surface area contributed by atoms with E-state index < -0.39 is 21.6 Å². The summed E-state index contributed by atoms with van der Waals surface area (Å²) in [6.07, 6.45) is -2.90. The van der Waals surface area contributed by atoms with E-state index in [1.54, 1.807) is 16.8 Å². The van der Waals surface area contributed by atoms with Crippen LogP contribution in [0.3, 0.4) is 0 Å². The number of benzene rings is 2. The number of carbonyl (C=O) groups is 1. The Kier molecular flexibility index (Phi) is 7.07. The van der Waals surface area contributed by atoms with Crippen LogP contribution < -0.4 is 0 Å². The predicted octanol–water partition coefficient (Wildman–Crippen LogP) is 5.34. The molecular weight excluding hydrogens is 465 g/mol. The van der Waals surface area contributed by atoms with Crippen LogP contribution in [0, 0.1) is 0 Å². The van der Waals surface area contributed by atoms with Gasteiger partial charge in [0.25, 0.3) is 0 Å². The van der Waals surface area contributed by atoms with E-state index in [0.29, 0.717) is 23.4 Å². The van der Waals surface area contributed by atoms with E-state index in [1.165, 1.54) is 24.3 Å². The number of sulfone groups is 1. The van der Waals surface area contributed by atoms with Crippen LogP contribution in [0.2, 0.25) is 0 Å². The average molecular weight is 493 g/mol. The molecule has 1 heterocycles. The minimum Gasteiger partial charge on any atom is -0.299 e. The van der Waals surface area contributed by atoms with Crippen molar-refractivity contribution < 1.29 is 26.4 Å². The summed E-state index contributed by atoms with van der Waals surface area (Å²) in [6.45, 7) is 6.07. The van der Waals surface area contributed by atoms with Crippen molar-refractivity contribution in [2.45, 2.75) is 56.5 Å². The first-order valence-electron chi connectivity index (χ1n) is 10.7. The van der Waals surface area contributed by atoms with E-state index in [2.05, 4.69) is 5.10 Å². The highest BCUT2D eigenvalue weighted by Crippen LogP contribution is 2.30. The van der Waals surface area contributed by atoms with Crippen molar-refractivity contribution in [3.05, 3.63) is 77.1 Å². The molecular formula is C25H27F3N2O3S. The third-order valence-electron chi connectivity index (χ3n) is 5.35. The fourth-order valence-corrected chi connectivity index (χ4v) is 4.19. The SMILES string of the molecule is CC(C)(C)c1cc(CCC(=O)Cc2cccc(C(F)(F)F)c2)nn1-c1ccc(S(C)(=O)=O)cc1. The van der Waals surface area contributed by atoms with Crippen LogP contribution in [0.15, 0.2) is 59.5 Å². The lowest BCUT2D eigenvalue weighted by atomic mass is 9.91. The summed E-state index contributed by atoms with van der Waals surface area (Å²) in [7, 11) is -3.32. The number of Topliss-reactive ketones (excluding diaryl/α,β-unsaturated/α-hetero) is 1. The molecule has 0 saturated carbocycles. The number of ketones is 1. The molecule has 0 N–H and O–H groups in total. The molecule has 2 aromatic carbocycles. The van der Waals surface area contributed by atoms with Gasteiger partial charge < -0.3 is 0 Å². The molecule has 182 valence electrons. The summed E-state index contributed by atoms with van der Waals surface area (Å²) in [5.41, 5.74) is 1.54. The second-order valence-electron chi connectivity index (χ2n) is 9.36. The number of aryl methyl sites for hydroxylation is 1. The van der Waals surface area contributed by atoms with Crippen LogP contribution >= 0.6 is 0 Å². The lowest BCUT2D eigenvalue weighted by Crippen LogP contribution is -2.17. The zero-order valence-corrected chi connectivity index (χ0v) is 20.3. The Morgan fingerprint density at radius 2 is 1.65 bits per heavy atom. The molecule has 0 fully saturated rings. The Hall–Kier alpha value is -2.94. The molecule has 3 rings (SSSR count). The average Bonchev–Trinajstić information content (AvgIpc) is 3.16. The Balaban J connectivity index is 1.77. The third-order valence-corrected chi connectivity index (χ3v) is 6.48. The molecule has 0 aliphatic carbocycles. The number of halogens is 3. The van der Waals surface area contributed by atoms with Gasteiger partial charge >= 0.3 is 6.18 Å². The standard InChI is InChI=1S/C25H27F3N2O3S/c1-24(2,3)23-16-19(29-30(23)20-9-12-22(13-10-20)34(4,32)33)8-11-21(31)15-17-6-5-7-18(14-17)25(26,27)28/h5-7,9-10,12-14,16H,8,11,15H2,1-4H3. The number of carbonyl (C=O) groups excluding carboxylic acids is 1. The molecule has 0 saturated heterocycles. The van der Waals surface area contributed by atoms with Crippen LogP contribution in [0.4, 0.5) is 13.2 Å². The summed E-state index contributed by atoms with van der Waals surface area (Å²) in [5, 5.41) is 4.63. The van der Waals surface area contributed by atoms with Gasteiger partial charge in [0.2, 0.25) is 0 Å². The van der Waals surface area contributed by atoms with Gasteiger partial charge in [0, 0.05) is 30.2 Å². The van der Waals surface area contributed by atoms with Gasteiger partial charge in [-0.15, -0.1) is 0 Å². The number of rotatable bonds is 7. The zero-order valence-electron chi connectivity index (χ0n) is 19.5. The first kappa shape index (κ1) is 25.7.